The van der Waals surface area contributed by atoms with E-state index in [1.165, 1.54) is 4.90 Å². The van der Waals surface area contributed by atoms with Crippen molar-refractivity contribution in [2.75, 3.05) is 26.2 Å². The Morgan fingerprint density at radius 1 is 0.741 bits per heavy atom. The molecule has 2 aromatic heterocycles. The van der Waals surface area contributed by atoms with Crippen LogP contribution in [0.4, 0.5) is 13.6 Å². The highest BCUT2D eigenvalue weighted by molar-refractivity contribution is 5.86. The molecule has 0 saturated carbocycles. The van der Waals surface area contributed by atoms with Crippen molar-refractivity contribution in [1.29, 1.82) is 0 Å². The van der Waals surface area contributed by atoms with Gasteiger partial charge in [0.25, 0.3) is 0 Å². The standard InChI is InChI=1S/C44H50F2N8O4/c1-5-52(6-2)39(31-10-8-7-9-11-31)43(56)54-25-33(46)21-37(54)41-48-23-35(50-41)30-18-14-28(15-19-30)27-12-16-29(17-13-27)34-22-47-40(49-34)36-20-32(45)24-53(36)42(55)38(26(3)4)51-44(57)58/h7-19,22-23,26,32-33,36-39,51H,5-6,20-21,24-25H2,1-4H3,(H,47,49)(H,48,50)(H,57,58)/t32-,33-,36-,37-,38-,39+/m0/s1. The zero-order valence-electron chi connectivity index (χ0n) is 33.1. The molecule has 4 heterocycles. The number of nitrogens with one attached hydrogen (secondary N) is 3. The topological polar surface area (TPSA) is 151 Å². The van der Waals surface area contributed by atoms with Crippen molar-refractivity contribution in [3.63, 3.8) is 0 Å². The summed E-state index contributed by atoms with van der Waals surface area (Å²) in [6, 6.07) is 22.9. The molecule has 14 heteroatoms. The number of H-pyrrole nitrogens is 2. The van der Waals surface area contributed by atoms with Gasteiger partial charge in [-0.05, 0) is 46.8 Å². The summed E-state index contributed by atoms with van der Waals surface area (Å²) in [7, 11) is 0. The van der Waals surface area contributed by atoms with E-state index in [1.807, 2.05) is 92.7 Å². The normalized spacial score (nSPS) is 20.5. The van der Waals surface area contributed by atoms with Gasteiger partial charge in [-0.15, -0.1) is 0 Å². The van der Waals surface area contributed by atoms with Crippen molar-refractivity contribution in [3.05, 3.63) is 108 Å². The van der Waals surface area contributed by atoms with E-state index in [-0.39, 0.29) is 37.8 Å². The number of benzene rings is 3. The number of hydrogen-bond acceptors (Lipinski definition) is 6. The molecule has 7 rings (SSSR count). The zero-order chi connectivity index (χ0) is 41.1. The van der Waals surface area contributed by atoms with Crippen LogP contribution in [0, 0.1) is 5.92 Å². The average molecular weight is 793 g/mol. The molecule has 3 aromatic carbocycles. The molecule has 2 aliphatic rings. The van der Waals surface area contributed by atoms with Crippen molar-refractivity contribution < 1.29 is 28.3 Å². The number of carboxylic acid groups (broad SMARTS) is 1. The fourth-order valence-corrected chi connectivity index (χ4v) is 8.28. The van der Waals surface area contributed by atoms with E-state index in [1.54, 1.807) is 31.1 Å². The first-order valence-corrected chi connectivity index (χ1v) is 19.9. The Hall–Kier alpha value is -5.89. The molecule has 0 bridgehead atoms. The van der Waals surface area contributed by atoms with Gasteiger partial charge in [-0.25, -0.2) is 23.5 Å². The number of carbonyl (C=O) groups is 3. The molecule has 4 N–H and O–H groups in total. The van der Waals surface area contributed by atoms with Gasteiger partial charge in [0, 0.05) is 12.8 Å². The van der Waals surface area contributed by atoms with E-state index >= 15 is 4.39 Å². The van der Waals surface area contributed by atoms with E-state index in [0.29, 0.717) is 30.4 Å². The highest BCUT2D eigenvalue weighted by Gasteiger charge is 2.43. The second-order valence-electron chi connectivity index (χ2n) is 15.4. The molecule has 0 radical (unpaired) electrons. The van der Waals surface area contributed by atoms with E-state index in [4.69, 9.17) is 0 Å². The Kier molecular flexibility index (Phi) is 12.0. The number of halogens is 2. The van der Waals surface area contributed by atoms with Crippen LogP contribution in [0.25, 0.3) is 33.6 Å². The summed E-state index contributed by atoms with van der Waals surface area (Å²) < 4.78 is 29.7. The van der Waals surface area contributed by atoms with E-state index < -0.39 is 48.5 Å². The minimum Gasteiger partial charge on any atom is -0.465 e. The average Bonchev–Trinajstić information content (AvgIpc) is 4.06. The lowest BCUT2D eigenvalue weighted by atomic mass is 10.0. The smallest absolute Gasteiger partial charge is 0.405 e. The fraction of sp³-hybridized carbons (Fsp3) is 0.386. The van der Waals surface area contributed by atoms with Gasteiger partial charge in [-0.1, -0.05) is 107 Å². The lowest BCUT2D eigenvalue weighted by Gasteiger charge is -2.34. The predicted molar refractivity (Wildman–Crippen MR) is 217 cm³/mol. The molecule has 0 spiro atoms. The van der Waals surface area contributed by atoms with Gasteiger partial charge in [0.15, 0.2) is 0 Å². The van der Waals surface area contributed by atoms with Gasteiger partial charge in [0.05, 0.1) is 49.0 Å². The number of hydrogen-bond donors (Lipinski definition) is 4. The maximum atomic E-state index is 15.1. The third kappa shape index (κ3) is 8.38. The van der Waals surface area contributed by atoms with Gasteiger partial charge < -0.3 is 30.2 Å². The summed E-state index contributed by atoms with van der Waals surface area (Å²) in [6.45, 7) is 8.78. The van der Waals surface area contributed by atoms with Crippen LogP contribution < -0.4 is 5.32 Å². The highest BCUT2D eigenvalue weighted by atomic mass is 19.1. The van der Waals surface area contributed by atoms with Crippen molar-refractivity contribution in [3.8, 4) is 33.6 Å². The third-order valence-corrected chi connectivity index (χ3v) is 11.4. The fourth-order valence-electron chi connectivity index (χ4n) is 8.28. The van der Waals surface area contributed by atoms with Crippen LogP contribution in [0.1, 0.15) is 75.9 Å². The molecule has 304 valence electrons. The second kappa shape index (κ2) is 17.3. The van der Waals surface area contributed by atoms with E-state index in [9.17, 15) is 23.9 Å². The largest absolute Gasteiger partial charge is 0.465 e. The van der Waals surface area contributed by atoms with Crippen LogP contribution in [0.15, 0.2) is 91.3 Å². The van der Waals surface area contributed by atoms with Crippen LogP contribution in [0.5, 0.6) is 0 Å². The molecular weight excluding hydrogens is 743 g/mol. The lowest BCUT2D eigenvalue weighted by Crippen LogP contribution is -2.51. The predicted octanol–water partition coefficient (Wildman–Crippen LogP) is 7.73. The first kappa shape index (κ1) is 40.3. The van der Waals surface area contributed by atoms with Gasteiger partial charge in [0.1, 0.15) is 36.1 Å². The lowest BCUT2D eigenvalue weighted by molar-refractivity contribution is -0.138. The first-order chi connectivity index (χ1) is 27.9. The van der Waals surface area contributed by atoms with Crippen LogP contribution in [-0.4, -0.2) is 102 Å². The Balaban J connectivity index is 1.03. The van der Waals surface area contributed by atoms with E-state index in [0.717, 1.165) is 33.5 Å². The SMILES string of the molecule is CCN(CC)[C@@H](C(=O)N1C[C@@H](F)C[C@H]1c1ncc(-c2ccc(-c3ccc(-c4cnc([C@@H]5C[C@H](F)CN5C(=O)[C@@H](NC(=O)O)C(C)C)[nH]4)cc3)cc2)[nH]1)c1ccccc1. The number of carbonyl (C=O) groups excluding carboxylic acids is 2. The number of aromatic nitrogens is 4. The number of likely N-dealkylation sites (N-methyl/N-ethyl adjacent to an activating group) is 1. The van der Waals surface area contributed by atoms with Gasteiger partial charge in [0.2, 0.25) is 11.8 Å². The van der Waals surface area contributed by atoms with Crippen LogP contribution in [0.3, 0.4) is 0 Å². The zero-order valence-corrected chi connectivity index (χ0v) is 33.1. The first-order valence-electron chi connectivity index (χ1n) is 19.9. The number of amides is 3. The molecule has 2 saturated heterocycles. The minimum absolute atomic E-state index is 0.0196. The Bertz CT molecular complexity index is 2190. The maximum absolute atomic E-state index is 15.1. The molecule has 0 unspecified atom stereocenters. The molecule has 12 nitrogen and oxygen atoms in total. The number of alkyl halides is 2. The Morgan fingerprint density at radius 2 is 1.19 bits per heavy atom. The third-order valence-electron chi connectivity index (χ3n) is 11.4. The summed E-state index contributed by atoms with van der Waals surface area (Å²) in [5.41, 5.74) is 6.08. The van der Waals surface area contributed by atoms with Gasteiger partial charge in [-0.3, -0.25) is 14.5 Å². The molecule has 58 heavy (non-hydrogen) atoms. The number of imidazole rings is 2. The summed E-state index contributed by atoms with van der Waals surface area (Å²) in [5.74, 6) is 0.0712. The maximum Gasteiger partial charge on any atom is 0.405 e. The number of likely N-dealkylation sites (tertiary alicyclic amines) is 2. The highest BCUT2D eigenvalue weighted by Crippen LogP contribution is 2.38. The number of nitrogens with zero attached hydrogens (tertiary/aromatic N) is 5. The van der Waals surface area contributed by atoms with Gasteiger partial charge in [-0.2, -0.15) is 0 Å². The molecule has 2 fully saturated rings. The Morgan fingerprint density at radius 3 is 1.62 bits per heavy atom. The second-order valence-corrected chi connectivity index (χ2v) is 15.4. The summed E-state index contributed by atoms with van der Waals surface area (Å²) in [4.78, 5) is 59.8. The van der Waals surface area contributed by atoms with Crippen molar-refractivity contribution >= 4 is 17.9 Å². The van der Waals surface area contributed by atoms with Crippen LogP contribution in [-0.2, 0) is 9.59 Å². The minimum atomic E-state index is -1.31. The monoisotopic (exact) mass is 792 g/mol. The van der Waals surface area contributed by atoms with Gasteiger partial charge >= 0.3 is 6.09 Å². The molecule has 5 aromatic rings. The van der Waals surface area contributed by atoms with Crippen LogP contribution >= 0.6 is 0 Å². The molecule has 6 atom stereocenters. The quantitative estimate of drug-likeness (QED) is 0.0953. The summed E-state index contributed by atoms with van der Waals surface area (Å²) in [6.07, 6.45) is -0.0911. The van der Waals surface area contributed by atoms with Crippen molar-refractivity contribution in [2.45, 2.75) is 77.0 Å². The summed E-state index contributed by atoms with van der Waals surface area (Å²) >= 11 is 0. The Labute approximate surface area is 336 Å². The summed E-state index contributed by atoms with van der Waals surface area (Å²) in [5, 5.41) is 11.5. The van der Waals surface area contributed by atoms with Crippen molar-refractivity contribution in [1.82, 2.24) is 40.0 Å². The number of rotatable bonds is 13. The molecule has 3 amide bonds. The molecule has 0 aliphatic carbocycles. The molecular formula is C44H50F2N8O4. The molecule has 2 aliphatic heterocycles. The van der Waals surface area contributed by atoms with E-state index in [2.05, 4.69) is 30.2 Å². The van der Waals surface area contributed by atoms with Crippen molar-refractivity contribution in [2.24, 2.45) is 5.92 Å². The van der Waals surface area contributed by atoms with Crippen LogP contribution in [0.2, 0.25) is 0 Å². The number of aromatic amines is 2.